The standard InChI is InChI=1S/C8H14N4O2/c1-12-10-8(9-11-12)7(13)5-6-3-2-4-14-6/h6-7,13H,2-5H2,1H3. The molecule has 0 aliphatic carbocycles. The van der Waals surface area contributed by atoms with Gasteiger partial charge in [0.05, 0.1) is 13.2 Å². The van der Waals surface area contributed by atoms with Crippen molar-refractivity contribution in [3.8, 4) is 0 Å². The first-order valence-electron chi connectivity index (χ1n) is 4.79. The lowest BCUT2D eigenvalue weighted by Crippen LogP contribution is -2.12. The Labute approximate surface area is 81.9 Å². The molecule has 1 aromatic rings. The van der Waals surface area contributed by atoms with Gasteiger partial charge in [0.25, 0.3) is 0 Å². The fraction of sp³-hybridized carbons (Fsp3) is 0.875. The zero-order valence-electron chi connectivity index (χ0n) is 8.13. The van der Waals surface area contributed by atoms with Crippen molar-refractivity contribution in [3.63, 3.8) is 0 Å². The highest BCUT2D eigenvalue weighted by Crippen LogP contribution is 2.22. The van der Waals surface area contributed by atoms with Gasteiger partial charge in [0.2, 0.25) is 5.82 Å². The topological polar surface area (TPSA) is 73.1 Å². The van der Waals surface area contributed by atoms with Gasteiger partial charge >= 0.3 is 0 Å². The van der Waals surface area contributed by atoms with Gasteiger partial charge in [0.1, 0.15) is 6.10 Å². The van der Waals surface area contributed by atoms with Crippen molar-refractivity contribution in [2.75, 3.05) is 6.61 Å². The maximum Gasteiger partial charge on any atom is 0.203 e. The van der Waals surface area contributed by atoms with Crippen LogP contribution in [0.4, 0.5) is 0 Å². The average molecular weight is 198 g/mol. The number of aromatic nitrogens is 4. The molecule has 6 nitrogen and oxygen atoms in total. The van der Waals surface area contributed by atoms with Crippen molar-refractivity contribution in [1.82, 2.24) is 20.2 Å². The van der Waals surface area contributed by atoms with Crippen molar-refractivity contribution in [2.45, 2.75) is 31.5 Å². The Kier molecular flexibility index (Phi) is 2.74. The molecule has 0 bridgehead atoms. The number of aliphatic hydroxyl groups excluding tert-OH is 1. The summed E-state index contributed by atoms with van der Waals surface area (Å²) in [6.45, 7) is 0.797. The van der Waals surface area contributed by atoms with Crippen LogP contribution in [0.5, 0.6) is 0 Å². The third kappa shape index (κ3) is 2.08. The van der Waals surface area contributed by atoms with Crippen molar-refractivity contribution >= 4 is 0 Å². The van der Waals surface area contributed by atoms with E-state index in [4.69, 9.17) is 4.74 Å². The summed E-state index contributed by atoms with van der Waals surface area (Å²) in [5.74, 6) is 0.378. The molecule has 1 fully saturated rings. The Morgan fingerprint density at radius 1 is 1.71 bits per heavy atom. The molecule has 0 amide bonds. The first-order valence-corrected chi connectivity index (χ1v) is 4.79. The second-order valence-electron chi connectivity index (χ2n) is 3.52. The number of aryl methyl sites for hydroxylation is 1. The van der Waals surface area contributed by atoms with E-state index in [2.05, 4.69) is 15.4 Å². The molecule has 0 aromatic carbocycles. The quantitative estimate of drug-likeness (QED) is 0.729. The lowest BCUT2D eigenvalue weighted by Gasteiger charge is -2.11. The minimum Gasteiger partial charge on any atom is -0.385 e. The van der Waals surface area contributed by atoms with Gasteiger partial charge in [0, 0.05) is 13.0 Å². The molecule has 14 heavy (non-hydrogen) atoms. The highest BCUT2D eigenvalue weighted by Gasteiger charge is 2.22. The molecule has 0 spiro atoms. The smallest absolute Gasteiger partial charge is 0.203 e. The lowest BCUT2D eigenvalue weighted by atomic mass is 10.1. The van der Waals surface area contributed by atoms with Gasteiger partial charge in [-0.1, -0.05) is 0 Å². The number of rotatable bonds is 3. The molecule has 0 saturated carbocycles. The molecule has 78 valence electrons. The zero-order chi connectivity index (χ0) is 9.97. The van der Waals surface area contributed by atoms with Crippen LogP contribution >= 0.6 is 0 Å². The van der Waals surface area contributed by atoms with E-state index in [0.29, 0.717) is 12.2 Å². The van der Waals surface area contributed by atoms with Crippen LogP contribution in [0, 0.1) is 0 Å². The van der Waals surface area contributed by atoms with E-state index in [0.717, 1.165) is 19.4 Å². The van der Waals surface area contributed by atoms with Crippen LogP contribution in [0.25, 0.3) is 0 Å². The molecule has 0 radical (unpaired) electrons. The number of hydrogen-bond donors (Lipinski definition) is 1. The molecule has 1 aromatic heterocycles. The predicted octanol–water partition coefficient (Wildman–Crippen LogP) is -0.187. The van der Waals surface area contributed by atoms with E-state index < -0.39 is 6.10 Å². The van der Waals surface area contributed by atoms with Gasteiger partial charge in [-0.3, -0.25) is 0 Å². The van der Waals surface area contributed by atoms with Crippen LogP contribution in [0.1, 0.15) is 31.2 Å². The van der Waals surface area contributed by atoms with Crippen LogP contribution in [0.15, 0.2) is 0 Å². The number of tetrazole rings is 1. The van der Waals surface area contributed by atoms with Crippen LogP contribution in [-0.2, 0) is 11.8 Å². The molecule has 1 saturated heterocycles. The molecule has 1 N–H and O–H groups in total. The lowest BCUT2D eigenvalue weighted by molar-refractivity contribution is 0.0500. The Bertz CT molecular complexity index is 295. The summed E-state index contributed by atoms with van der Waals surface area (Å²) in [4.78, 5) is 1.34. The van der Waals surface area contributed by atoms with E-state index in [-0.39, 0.29) is 6.10 Å². The molecule has 1 aliphatic heterocycles. The molecular formula is C8H14N4O2. The average Bonchev–Trinajstić information content (AvgIpc) is 2.75. The Balaban J connectivity index is 1.91. The van der Waals surface area contributed by atoms with Gasteiger partial charge in [-0.2, -0.15) is 4.80 Å². The maximum atomic E-state index is 9.74. The maximum absolute atomic E-state index is 9.74. The van der Waals surface area contributed by atoms with Crippen molar-refractivity contribution in [1.29, 1.82) is 0 Å². The predicted molar refractivity (Wildman–Crippen MR) is 47.3 cm³/mol. The van der Waals surface area contributed by atoms with Gasteiger partial charge in [-0.25, -0.2) is 0 Å². The second kappa shape index (κ2) is 4.02. The van der Waals surface area contributed by atoms with Crippen LogP contribution in [0.2, 0.25) is 0 Å². The SMILES string of the molecule is Cn1nnc(C(O)CC2CCCO2)n1. The van der Waals surface area contributed by atoms with Crippen LogP contribution < -0.4 is 0 Å². The van der Waals surface area contributed by atoms with Gasteiger partial charge in [0.15, 0.2) is 0 Å². The highest BCUT2D eigenvalue weighted by molar-refractivity contribution is 4.86. The highest BCUT2D eigenvalue weighted by atomic mass is 16.5. The third-order valence-electron chi connectivity index (χ3n) is 2.33. The summed E-state index contributed by atoms with van der Waals surface area (Å²) in [5, 5.41) is 21.1. The first-order chi connectivity index (χ1) is 6.75. The number of aliphatic hydroxyl groups is 1. The monoisotopic (exact) mass is 198 g/mol. The van der Waals surface area contributed by atoms with Crippen molar-refractivity contribution in [3.05, 3.63) is 5.82 Å². The first kappa shape index (κ1) is 9.54. The molecule has 2 rings (SSSR count). The van der Waals surface area contributed by atoms with E-state index in [1.807, 2.05) is 0 Å². The van der Waals surface area contributed by atoms with Gasteiger partial charge in [-0.05, 0) is 18.1 Å². The van der Waals surface area contributed by atoms with Crippen molar-refractivity contribution < 1.29 is 9.84 Å². The third-order valence-corrected chi connectivity index (χ3v) is 2.33. The molecule has 2 heterocycles. The fourth-order valence-electron chi connectivity index (χ4n) is 1.62. The van der Waals surface area contributed by atoms with Crippen molar-refractivity contribution in [2.24, 2.45) is 7.05 Å². The summed E-state index contributed by atoms with van der Waals surface area (Å²) < 4.78 is 5.41. The normalized spacial score (nSPS) is 24.0. The summed E-state index contributed by atoms with van der Waals surface area (Å²) in [7, 11) is 1.68. The van der Waals surface area contributed by atoms with Gasteiger partial charge < -0.3 is 9.84 Å². The number of hydrogen-bond acceptors (Lipinski definition) is 5. The molecule has 2 atom stereocenters. The molecule has 1 aliphatic rings. The summed E-state index contributed by atoms with van der Waals surface area (Å²) in [6.07, 6.45) is 2.13. The summed E-state index contributed by atoms with van der Waals surface area (Å²) >= 11 is 0. The largest absolute Gasteiger partial charge is 0.385 e. The van der Waals surface area contributed by atoms with Gasteiger partial charge in [-0.15, -0.1) is 10.2 Å². The van der Waals surface area contributed by atoms with Crippen LogP contribution in [0.3, 0.4) is 0 Å². The minimum atomic E-state index is -0.660. The van der Waals surface area contributed by atoms with Crippen LogP contribution in [-0.4, -0.2) is 38.0 Å². The summed E-state index contributed by atoms with van der Waals surface area (Å²) in [6, 6.07) is 0. The molecule has 6 heteroatoms. The number of ether oxygens (including phenoxy) is 1. The minimum absolute atomic E-state index is 0.147. The molecular weight excluding hydrogens is 184 g/mol. The zero-order valence-corrected chi connectivity index (χ0v) is 8.13. The van der Waals surface area contributed by atoms with E-state index >= 15 is 0 Å². The van der Waals surface area contributed by atoms with E-state index in [1.54, 1.807) is 7.05 Å². The van der Waals surface area contributed by atoms with E-state index in [1.165, 1.54) is 4.80 Å². The Morgan fingerprint density at radius 2 is 2.57 bits per heavy atom. The Hall–Kier alpha value is -1.01. The fourth-order valence-corrected chi connectivity index (χ4v) is 1.62. The Morgan fingerprint density at radius 3 is 3.14 bits per heavy atom. The second-order valence-corrected chi connectivity index (χ2v) is 3.52. The summed E-state index contributed by atoms with van der Waals surface area (Å²) in [5.41, 5.74) is 0. The molecule has 2 unspecified atom stereocenters. The van der Waals surface area contributed by atoms with E-state index in [9.17, 15) is 5.11 Å². The number of nitrogens with zero attached hydrogens (tertiary/aromatic N) is 4.